The highest BCUT2D eigenvalue weighted by Gasteiger charge is 2.09. The monoisotopic (exact) mass is 419 g/mol. The number of aromatic nitrogens is 1. The van der Waals surface area contributed by atoms with E-state index in [0.29, 0.717) is 26.3 Å². The molecular formula is C19H15Cl2N3O2S. The van der Waals surface area contributed by atoms with E-state index in [2.05, 4.69) is 15.6 Å². The molecule has 0 radical (unpaired) electrons. The molecule has 1 aromatic heterocycles. The molecule has 0 aliphatic carbocycles. The van der Waals surface area contributed by atoms with E-state index < -0.39 is 0 Å². The Morgan fingerprint density at radius 3 is 2.33 bits per heavy atom. The summed E-state index contributed by atoms with van der Waals surface area (Å²) in [5.74, 6) is -0.253. The highest BCUT2D eigenvalue weighted by molar-refractivity contribution is 7.13. The van der Waals surface area contributed by atoms with Crippen molar-refractivity contribution in [3.8, 4) is 0 Å². The van der Waals surface area contributed by atoms with Crippen LogP contribution in [0.2, 0.25) is 10.0 Å². The number of amides is 1. The van der Waals surface area contributed by atoms with E-state index in [4.69, 9.17) is 23.2 Å². The first kappa shape index (κ1) is 19.4. The van der Waals surface area contributed by atoms with Gasteiger partial charge in [0.15, 0.2) is 10.9 Å². The number of hydrogen-bond donors (Lipinski definition) is 2. The number of carbonyl (C=O) groups is 2. The Bertz CT molecular complexity index is 967. The summed E-state index contributed by atoms with van der Waals surface area (Å²) in [6.07, 6.45) is 0. The van der Waals surface area contributed by atoms with Gasteiger partial charge in [-0.15, -0.1) is 11.3 Å². The summed E-state index contributed by atoms with van der Waals surface area (Å²) in [5.41, 5.74) is 2.61. The second-order valence-electron chi connectivity index (χ2n) is 5.74. The van der Waals surface area contributed by atoms with Crippen LogP contribution in [0.5, 0.6) is 0 Å². The molecule has 0 unspecified atom stereocenters. The first-order valence-electron chi connectivity index (χ1n) is 7.97. The molecule has 2 N–H and O–H groups in total. The van der Waals surface area contributed by atoms with Gasteiger partial charge in [-0.2, -0.15) is 0 Å². The maximum atomic E-state index is 12.2. The van der Waals surface area contributed by atoms with Crippen molar-refractivity contribution >= 4 is 57.0 Å². The van der Waals surface area contributed by atoms with Crippen LogP contribution in [0.4, 0.5) is 10.8 Å². The maximum absolute atomic E-state index is 12.2. The summed E-state index contributed by atoms with van der Waals surface area (Å²) in [4.78, 5) is 28.0. The zero-order valence-electron chi connectivity index (χ0n) is 14.3. The number of halogens is 2. The molecule has 0 saturated heterocycles. The Hall–Kier alpha value is -2.41. The lowest BCUT2D eigenvalue weighted by atomic mass is 10.1. The van der Waals surface area contributed by atoms with E-state index in [-0.39, 0.29) is 18.2 Å². The van der Waals surface area contributed by atoms with Gasteiger partial charge >= 0.3 is 0 Å². The molecule has 1 heterocycles. The zero-order chi connectivity index (χ0) is 19.4. The zero-order valence-corrected chi connectivity index (χ0v) is 16.6. The van der Waals surface area contributed by atoms with Crippen molar-refractivity contribution in [1.29, 1.82) is 0 Å². The first-order chi connectivity index (χ1) is 12.9. The molecule has 3 aromatic rings. The third-order valence-corrected chi connectivity index (χ3v) is 4.89. The van der Waals surface area contributed by atoms with Gasteiger partial charge < -0.3 is 10.6 Å². The number of ketones is 1. The van der Waals surface area contributed by atoms with Crippen molar-refractivity contribution in [3.05, 3.63) is 74.7 Å². The number of carbonyl (C=O) groups excluding carboxylic acids is 2. The van der Waals surface area contributed by atoms with Crippen LogP contribution in [0, 0.1) is 0 Å². The van der Waals surface area contributed by atoms with Gasteiger partial charge in [0.1, 0.15) is 0 Å². The van der Waals surface area contributed by atoms with E-state index in [1.807, 2.05) is 17.5 Å². The summed E-state index contributed by atoms with van der Waals surface area (Å²) in [5, 5.41) is 9.33. The molecule has 8 heteroatoms. The molecule has 0 fully saturated rings. The van der Waals surface area contributed by atoms with Gasteiger partial charge in [-0.25, -0.2) is 4.98 Å². The van der Waals surface area contributed by atoms with Crippen LogP contribution in [-0.2, 0) is 6.54 Å². The standard InChI is InChI=1S/C19H15Cl2N3O2S/c1-11(25)12-2-4-16(5-3-12)23-19-24-17(10-27-19)9-22-18(26)13-6-14(20)8-15(21)7-13/h2-8,10H,9H2,1H3,(H,22,26)(H,23,24). The molecule has 27 heavy (non-hydrogen) atoms. The molecule has 0 bridgehead atoms. The van der Waals surface area contributed by atoms with Crippen molar-refractivity contribution in [2.75, 3.05) is 5.32 Å². The van der Waals surface area contributed by atoms with Gasteiger partial charge in [0.2, 0.25) is 0 Å². The Balaban J connectivity index is 1.59. The minimum Gasteiger partial charge on any atom is -0.346 e. The average molecular weight is 420 g/mol. The second-order valence-corrected chi connectivity index (χ2v) is 7.47. The van der Waals surface area contributed by atoms with E-state index in [9.17, 15) is 9.59 Å². The summed E-state index contributed by atoms with van der Waals surface area (Å²) in [6.45, 7) is 1.81. The molecule has 2 aromatic carbocycles. The molecule has 0 aliphatic rings. The van der Waals surface area contributed by atoms with Crippen molar-refractivity contribution in [3.63, 3.8) is 0 Å². The lowest BCUT2D eigenvalue weighted by Gasteiger charge is -2.05. The lowest BCUT2D eigenvalue weighted by molar-refractivity contribution is 0.0949. The van der Waals surface area contributed by atoms with E-state index in [1.165, 1.54) is 18.3 Å². The SMILES string of the molecule is CC(=O)c1ccc(Nc2nc(CNC(=O)c3cc(Cl)cc(Cl)c3)cs2)cc1. The smallest absolute Gasteiger partial charge is 0.251 e. The Morgan fingerprint density at radius 2 is 1.70 bits per heavy atom. The van der Waals surface area contributed by atoms with Gasteiger partial charge in [0.25, 0.3) is 5.91 Å². The summed E-state index contributed by atoms with van der Waals surface area (Å²) < 4.78 is 0. The Morgan fingerprint density at radius 1 is 1.04 bits per heavy atom. The maximum Gasteiger partial charge on any atom is 0.251 e. The topological polar surface area (TPSA) is 71.1 Å². The van der Waals surface area contributed by atoms with Gasteiger partial charge in [0.05, 0.1) is 12.2 Å². The Labute approximate surface area is 170 Å². The normalized spacial score (nSPS) is 10.5. The van der Waals surface area contributed by atoms with E-state index in [0.717, 1.165) is 11.4 Å². The predicted molar refractivity (Wildman–Crippen MR) is 109 cm³/mol. The van der Waals surface area contributed by atoms with Crippen LogP contribution in [-0.4, -0.2) is 16.7 Å². The highest BCUT2D eigenvalue weighted by Crippen LogP contribution is 2.22. The van der Waals surface area contributed by atoms with Crippen molar-refractivity contribution in [2.24, 2.45) is 0 Å². The number of rotatable bonds is 6. The molecule has 0 spiro atoms. The largest absolute Gasteiger partial charge is 0.346 e. The molecule has 138 valence electrons. The molecule has 0 saturated carbocycles. The second kappa shape index (κ2) is 8.52. The average Bonchev–Trinajstić information content (AvgIpc) is 3.06. The van der Waals surface area contributed by atoms with Gasteiger partial charge in [-0.3, -0.25) is 9.59 Å². The van der Waals surface area contributed by atoms with Crippen LogP contribution in [0.1, 0.15) is 33.3 Å². The van der Waals surface area contributed by atoms with Crippen LogP contribution in [0.15, 0.2) is 47.8 Å². The molecule has 5 nitrogen and oxygen atoms in total. The fourth-order valence-electron chi connectivity index (χ4n) is 2.32. The van der Waals surface area contributed by atoms with Gasteiger partial charge in [-0.05, 0) is 49.4 Å². The first-order valence-corrected chi connectivity index (χ1v) is 9.61. The molecule has 0 aliphatic heterocycles. The summed E-state index contributed by atoms with van der Waals surface area (Å²) >= 11 is 13.3. The molecule has 1 amide bonds. The molecular weight excluding hydrogens is 405 g/mol. The quantitative estimate of drug-likeness (QED) is 0.529. The van der Waals surface area contributed by atoms with Crippen LogP contribution < -0.4 is 10.6 Å². The predicted octanol–water partition coefficient (Wildman–Crippen LogP) is 5.33. The highest BCUT2D eigenvalue weighted by atomic mass is 35.5. The van der Waals surface area contributed by atoms with E-state index in [1.54, 1.807) is 30.3 Å². The van der Waals surface area contributed by atoms with Crippen LogP contribution >= 0.6 is 34.5 Å². The van der Waals surface area contributed by atoms with Crippen molar-refractivity contribution in [2.45, 2.75) is 13.5 Å². The number of nitrogens with zero attached hydrogens (tertiary/aromatic N) is 1. The third-order valence-electron chi connectivity index (χ3n) is 3.65. The molecule has 3 rings (SSSR count). The molecule has 0 atom stereocenters. The third kappa shape index (κ3) is 5.29. The van der Waals surface area contributed by atoms with E-state index >= 15 is 0 Å². The van der Waals surface area contributed by atoms with Crippen LogP contribution in [0.25, 0.3) is 0 Å². The number of benzene rings is 2. The van der Waals surface area contributed by atoms with Crippen molar-refractivity contribution < 1.29 is 9.59 Å². The number of thiazole rings is 1. The minimum atomic E-state index is -0.276. The number of Topliss-reactive ketones (excluding diaryl/α,β-unsaturated/α-hetero) is 1. The minimum absolute atomic E-state index is 0.0230. The van der Waals surface area contributed by atoms with Gasteiger partial charge in [-0.1, -0.05) is 23.2 Å². The summed E-state index contributed by atoms with van der Waals surface area (Å²) in [6, 6.07) is 11.8. The summed E-state index contributed by atoms with van der Waals surface area (Å²) in [7, 11) is 0. The Kier molecular flexibility index (Phi) is 6.11. The van der Waals surface area contributed by atoms with Crippen LogP contribution in [0.3, 0.4) is 0 Å². The number of anilines is 2. The number of hydrogen-bond acceptors (Lipinski definition) is 5. The lowest BCUT2D eigenvalue weighted by Crippen LogP contribution is -2.22. The number of nitrogens with one attached hydrogen (secondary N) is 2. The fourth-order valence-corrected chi connectivity index (χ4v) is 3.57. The van der Waals surface area contributed by atoms with Crippen molar-refractivity contribution in [1.82, 2.24) is 10.3 Å². The van der Waals surface area contributed by atoms with Gasteiger partial charge in [0, 0.05) is 32.2 Å². The fraction of sp³-hybridized carbons (Fsp3) is 0.105.